The minimum Gasteiger partial charge on any atom is -0.281 e. The summed E-state index contributed by atoms with van der Waals surface area (Å²) < 4.78 is 2.65. The summed E-state index contributed by atoms with van der Waals surface area (Å²) in [6.45, 7) is 4.82. The van der Waals surface area contributed by atoms with E-state index in [1.54, 1.807) is 0 Å². The predicted molar refractivity (Wildman–Crippen MR) is 74.4 cm³/mol. The predicted octanol–water partition coefficient (Wildman–Crippen LogP) is 4.24. The fourth-order valence-corrected chi connectivity index (χ4v) is 3.98. The van der Waals surface area contributed by atoms with Gasteiger partial charge >= 0.3 is 0 Å². The summed E-state index contributed by atoms with van der Waals surface area (Å²) in [6.07, 6.45) is 11.5. The molecule has 0 aromatic rings. The Morgan fingerprint density at radius 3 is 1.31 bits per heavy atom. The van der Waals surface area contributed by atoms with Crippen LogP contribution in [-0.4, -0.2) is 16.8 Å². The fourth-order valence-electron chi connectivity index (χ4n) is 3.38. The molecule has 0 saturated heterocycles. The number of hydrogen-bond donors (Lipinski definition) is 0. The molecule has 0 bridgehead atoms. The molecule has 0 radical (unpaired) electrons. The van der Waals surface area contributed by atoms with Crippen LogP contribution < -0.4 is 0 Å². The minimum atomic E-state index is 0.861. The number of hydrogen-bond acceptors (Lipinski definition) is 1. The molecule has 0 heterocycles. The Bertz CT molecular complexity index is 181. The van der Waals surface area contributed by atoms with Gasteiger partial charge in [-0.1, -0.05) is 23.2 Å². The molecule has 1 unspecified atom stereocenters. The lowest BCUT2D eigenvalue weighted by molar-refractivity contribution is 0.154. The monoisotopic (exact) mass is 241 g/mol. The molecule has 2 rings (SSSR count). The number of rotatable bonds is 2. The average molecular weight is 241 g/mol. The van der Waals surface area contributed by atoms with Crippen molar-refractivity contribution in [3.63, 3.8) is 0 Å². The zero-order valence-electron chi connectivity index (χ0n) is 11.0. The van der Waals surface area contributed by atoms with Crippen molar-refractivity contribution in [3.8, 4) is 0 Å². The van der Waals surface area contributed by atoms with Crippen LogP contribution in [0.1, 0.15) is 65.2 Å². The quantitative estimate of drug-likeness (QED) is 0.654. The van der Waals surface area contributed by atoms with Crippen LogP contribution in [0.5, 0.6) is 0 Å². The lowest BCUT2D eigenvalue weighted by Crippen LogP contribution is -2.39. The third-order valence-electron chi connectivity index (χ3n) is 4.81. The summed E-state index contributed by atoms with van der Waals surface area (Å²) in [5, 5.41) is 0. The Kier molecular flexibility index (Phi) is 4.67. The van der Waals surface area contributed by atoms with Gasteiger partial charge in [0.05, 0.1) is 0 Å². The van der Waals surface area contributed by atoms with E-state index in [1.807, 2.05) is 0 Å². The normalized spacial score (nSPS) is 41.2. The molecule has 2 aliphatic rings. The molecule has 0 aromatic heterocycles. The lowest BCUT2D eigenvalue weighted by Gasteiger charge is -2.40. The molecule has 0 N–H and O–H groups in total. The summed E-state index contributed by atoms with van der Waals surface area (Å²) in [7, 11) is 3.05. The summed E-state index contributed by atoms with van der Waals surface area (Å²) >= 11 is 0. The van der Waals surface area contributed by atoms with Crippen LogP contribution in [0.3, 0.4) is 0 Å². The van der Waals surface area contributed by atoms with Crippen LogP contribution in [0.25, 0.3) is 0 Å². The van der Waals surface area contributed by atoms with Gasteiger partial charge in [0.1, 0.15) is 0 Å². The first kappa shape index (κ1) is 12.8. The van der Waals surface area contributed by atoms with E-state index < -0.39 is 0 Å². The molecule has 94 valence electrons. The molecule has 2 heteroatoms. The summed E-state index contributed by atoms with van der Waals surface area (Å²) in [4.78, 5) is 0. The standard InChI is InChI=1S/C14H28NP/c1-11-3-7-13(8-4-11)15(16)14-9-5-12(2)6-10-14/h11-14H,3-10,16H2,1-2H3. The molecule has 0 spiro atoms. The maximum Gasteiger partial charge on any atom is 0.0133 e. The topological polar surface area (TPSA) is 3.24 Å². The van der Waals surface area contributed by atoms with Crippen molar-refractivity contribution in [2.75, 3.05) is 0 Å². The van der Waals surface area contributed by atoms with E-state index in [0.29, 0.717) is 0 Å². The van der Waals surface area contributed by atoms with E-state index in [4.69, 9.17) is 0 Å². The first-order chi connectivity index (χ1) is 7.66. The maximum atomic E-state index is 3.05. The van der Waals surface area contributed by atoms with Gasteiger partial charge in [0.25, 0.3) is 0 Å². The van der Waals surface area contributed by atoms with E-state index >= 15 is 0 Å². The van der Waals surface area contributed by atoms with Crippen molar-refractivity contribution in [2.24, 2.45) is 11.8 Å². The average Bonchev–Trinajstić information content (AvgIpc) is 2.30. The zero-order valence-corrected chi connectivity index (χ0v) is 12.1. The molecule has 1 nitrogen and oxygen atoms in total. The molecule has 16 heavy (non-hydrogen) atoms. The summed E-state index contributed by atoms with van der Waals surface area (Å²) in [6, 6.07) is 1.72. The first-order valence-corrected chi connectivity index (χ1v) is 7.71. The van der Waals surface area contributed by atoms with Gasteiger partial charge in [-0.05, 0) is 63.2 Å². The van der Waals surface area contributed by atoms with E-state index in [2.05, 4.69) is 27.9 Å². The van der Waals surface area contributed by atoms with Crippen LogP contribution in [0.4, 0.5) is 0 Å². The van der Waals surface area contributed by atoms with Crippen LogP contribution in [-0.2, 0) is 0 Å². The van der Waals surface area contributed by atoms with E-state index in [-0.39, 0.29) is 0 Å². The van der Waals surface area contributed by atoms with Crippen molar-refractivity contribution in [2.45, 2.75) is 77.3 Å². The van der Waals surface area contributed by atoms with Gasteiger partial charge in [0.15, 0.2) is 0 Å². The molecule has 1 atom stereocenters. The summed E-state index contributed by atoms with van der Waals surface area (Å²) in [5.41, 5.74) is 0. The molecule has 0 aromatic carbocycles. The van der Waals surface area contributed by atoms with Gasteiger partial charge in [0, 0.05) is 12.1 Å². The van der Waals surface area contributed by atoms with Crippen LogP contribution >= 0.6 is 9.39 Å². The molecule has 2 fully saturated rings. The molecular weight excluding hydrogens is 213 g/mol. The van der Waals surface area contributed by atoms with Gasteiger partial charge in [-0.2, -0.15) is 0 Å². The van der Waals surface area contributed by atoms with Crippen LogP contribution in [0, 0.1) is 11.8 Å². The lowest BCUT2D eigenvalue weighted by atomic mass is 9.84. The van der Waals surface area contributed by atoms with E-state index in [9.17, 15) is 0 Å². The van der Waals surface area contributed by atoms with Crippen molar-refractivity contribution in [1.29, 1.82) is 0 Å². The third kappa shape index (κ3) is 3.20. The van der Waals surface area contributed by atoms with Crippen LogP contribution in [0.2, 0.25) is 0 Å². The molecule has 2 saturated carbocycles. The highest BCUT2D eigenvalue weighted by Crippen LogP contribution is 2.35. The fraction of sp³-hybridized carbons (Fsp3) is 1.00. The molecular formula is C14H28NP. The van der Waals surface area contributed by atoms with Gasteiger partial charge in [-0.25, -0.2) is 0 Å². The maximum absolute atomic E-state index is 3.05. The Balaban J connectivity index is 1.80. The second-order valence-corrected chi connectivity index (χ2v) is 6.87. The Morgan fingerprint density at radius 2 is 1.00 bits per heavy atom. The highest BCUT2D eigenvalue weighted by molar-refractivity contribution is 7.13. The zero-order chi connectivity index (χ0) is 11.5. The summed E-state index contributed by atoms with van der Waals surface area (Å²) in [5.74, 6) is 1.95. The van der Waals surface area contributed by atoms with Crippen molar-refractivity contribution >= 4 is 9.39 Å². The SMILES string of the molecule is CC1CCC(N(P)C2CCC(C)CC2)CC1. The Morgan fingerprint density at radius 1 is 0.688 bits per heavy atom. The van der Waals surface area contributed by atoms with Crippen molar-refractivity contribution in [1.82, 2.24) is 4.67 Å². The highest BCUT2D eigenvalue weighted by atomic mass is 31.0. The van der Waals surface area contributed by atoms with Gasteiger partial charge in [0.2, 0.25) is 0 Å². The largest absolute Gasteiger partial charge is 0.281 e. The Labute approximate surface area is 104 Å². The second kappa shape index (κ2) is 5.83. The Hall–Kier alpha value is 0.390. The van der Waals surface area contributed by atoms with E-state index in [0.717, 1.165) is 23.9 Å². The third-order valence-corrected chi connectivity index (χ3v) is 5.66. The van der Waals surface area contributed by atoms with Crippen molar-refractivity contribution < 1.29 is 0 Å². The van der Waals surface area contributed by atoms with Crippen LogP contribution in [0.15, 0.2) is 0 Å². The first-order valence-electron chi connectivity index (χ1n) is 7.20. The molecule has 0 aliphatic heterocycles. The second-order valence-electron chi connectivity index (χ2n) is 6.27. The number of nitrogens with zero attached hydrogens (tertiary/aromatic N) is 1. The molecule has 2 aliphatic carbocycles. The van der Waals surface area contributed by atoms with Gasteiger partial charge in [-0.3, -0.25) is 4.67 Å². The minimum absolute atomic E-state index is 0.861. The van der Waals surface area contributed by atoms with Gasteiger partial charge < -0.3 is 0 Å². The smallest absolute Gasteiger partial charge is 0.0133 e. The highest BCUT2D eigenvalue weighted by Gasteiger charge is 2.28. The molecule has 0 amide bonds. The van der Waals surface area contributed by atoms with Gasteiger partial charge in [-0.15, -0.1) is 0 Å². The van der Waals surface area contributed by atoms with E-state index in [1.165, 1.54) is 51.4 Å². The van der Waals surface area contributed by atoms with Crippen molar-refractivity contribution in [3.05, 3.63) is 0 Å².